The van der Waals surface area contributed by atoms with Crippen molar-refractivity contribution in [3.8, 4) is 28.8 Å². The van der Waals surface area contributed by atoms with E-state index in [1.807, 2.05) is 43.7 Å². The van der Waals surface area contributed by atoms with Crippen LogP contribution in [0.25, 0.3) is 22.2 Å². The number of nitriles is 1. The summed E-state index contributed by atoms with van der Waals surface area (Å²) in [4.78, 5) is 19.2. The molecule has 0 spiro atoms. The van der Waals surface area contributed by atoms with Crippen LogP contribution in [0.1, 0.15) is 39.7 Å². The van der Waals surface area contributed by atoms with Crippen LogP contribution in [0.3, 0.4) is 0 Å². The number of anilines is 1. The van der Waals surface area contributed by atoms with Crippen LogP contribution in [0, 0.1) is 22.6 Å². The van der Waals surface area contributed by atoms with Crippen LogP contribution in [0.4, 0.5) is 10.2 Å². The van der Waals surface area contributed by atoms with Gasteiger partial charge in [0, 0.05) is 30.9 Å². The van der Waals surface area contributed by atoms with Gasteiger partial charge in [0.25, 0.3) is 5.91 Å². The molecule has 2 N–H and O–H groups in total. The molecular formula is C31H31FN6O2. The number of amides is 1. The van der Waals surface area contributed by atoms with E-state index in [1.54, 1.807) is 47.5 Å². The summed E-state index contributed by atoms with van der Waals surface area (Å²) < 4.78 is 23.1. The molecule has 40 heavy (non-hydrogen) atoms. The Kier molecular flexibility index (Phi) is 7.26. The third-order valence-corrected chi connectivity index (χ3v) is 6.78. The number of hydrogen-bond acceptors (Lipinski definition) is 6. The molecule has 2 aromatic carbocycles. The molecule has 0 saturated carbocycles. The molecule has 9 heteroatoms. The van der Waals surface area contributed by atoms with E-state index in [0.29, 0.717) is 41.2 Å². The first-order chi connectivity index (χ1) is 19.1. The van der Waals surface area contributed by atoms with Crippen molar-refractivity contribution >= 4 is 22.6 Å². The van der Waals surface area contributed by atoms with E-state index < -0.39 is 5.82 Å². The van der Waals surface area contributed by atoms with Crippen LogP contribution in [0.15, 0.2) is 72.4 Å². The third kappa shape index (κ3) is 5.52. The molecular weight excluding hydrogens is 507 g/mol. The van der Waals surface area contributed by atoms with E-state index in [9.17, 15) is 10.1 Å². The second-order valence-corrected chi connectivity index (χ2v) is 11.0. The van der Waals surface area contributed by atoms with E-state index in [2.05, 4.69) is 11.1 Å². The van der Waals surface area contributed by atoms with Crippen molar-refractivity contribution in [2.75, 3.05) is 18.8 Å². The third-order valence-electron chi connectivity index (χ3n) is 6.78. The zero-order chi connectivity index (χ0) is 28.4. The largest absolute Gasteiger partial charge is 0.457 e. The summed E-state index contributed by atoms with van der Waals surface area (Å²) in [6, 6.07) is 17.5. The number of rotatable bonds is 5. The zero-order valence-electron chi connectivity index (χ0n) is 22.8. The normalized spacial score (nSPS) is 16.1. The maximum absolute atomic E-state index is 15.5. The highest BCUT2D eigenvalue weighted by molar-refractivity contribution is 6.00. The summed E-state index contributed by atoms with van der Waals surface area (Å²) >= 11 is 0. The maximum Gasteiger partial charge on any atom is 0.264 e. The lowest BCUT2D eigenvalue weighted by Gasteiger charge is -2.33. The SMILES string of the molecule is CC(C)(C)/C=C(\C#N)C(=O)N1CCC[C@@H](n2nc(-c3ccc(Oc4ccccc4)cc3F)c3c(N)nccc32)C1. The number of aromatic nitrogens is 3. The average Bonchev–Trinajstić information content (AvgIpc) is 3.32. The Hall–Kier alpha value is -4.71. The molecule has 0 bridgehead atoms. The number of para-hydroxylation sites is 1. The van der Waals surface area contributed by atoms with Crippen LogP contribution >= 0.6 is 0 Å². The van der Waals surface area contributed by atoms with Crippen molar-refractivity contribution in [2.45, 2.75) is 39.7 Å². The van der Waals surface area contributed by atoms with Crippen LogP contribution in [0.5, 0.6) is 11.5 Å². The smallest absolute Gasteiger partial charge is 0.264 e. The van der Waals surface area contributed by atoms with Gasteiger partial charge in [-0.05, 0) is 48.6 Å². The highest BCUT2D eigenvalue weighted by atomic mass is 19.1. The fraction of sp³-hybridized carbons (Fsp3) is 0.290. The molecule has 1 fully saturated rings. The Bertz CT molecular complexity index is 1630. The number of pyridine rings is 1. The first kappa shape index (κ1) is 26.9. The second kappa shape index (κ2) is 10.8. The van der Waals surface area contributed by atoms with Crippen LogP contribution in [-0.4, -0.2) is 38.7 Å². The molecule has 1 aliphatic rings. The van der Waals surface area contributed by atoms with Gasteiger partial charge >= 0.3 is 0 Å². The molecule has 5 rings (SSSR count). The van der Waals surface area contributed by atoms with Gasteiger partial charge in [-0.15, -0.1) is 0 Å². The van der Waals surface area contributed by atoms with Crippen molar-refractivity contribution in [3.05, 3.63) is 78.3 Å². The molecule has 1 amide bonds. The van der Waals surface area contributed by atoms with Crippen molar-refractivity contribution < 1.29 is 13.9 Å². The number of ether oxygens (including phenoxy) is 1. The molecule has 4 aromatic rings. The quantitative estimate of drug-likeness (QED) is 0.237. The van der Waals surface area contributed by atoms with Gasteiger partial charge in [0.05, 0.1) is 16.9 Å². The predicted molar refractivity (Wildman–Crippen MR) is 152 cm³/mol. The summed E-state index contributed by atoms with van der Waals surface area (Å²) in [6.45, 7) is 6.77. The van der Waals surface area contributed by atoms with Crippen LogP contribution in [0.2, 0.25) is 0 Å². The summed E-state index contributed by atoms with van der Waals surface area (Å²) in [5.41, 5.74) is 7.47. The Morgan fingerprint density at radius 2 is 1.95 bits per heavy atom. The minimum Gasteiger partial charge on any atom is -0.457 e. The molecule has 3 heterocycles. The Balaban J connectivity index is 1.49. The molecule has 1 atom stereocenters. The van der Waals surface area contributed by atoms with E-state index in [-0.39, 0.29) is 34.3 Å². The average molecular weight is 539 g/mol. The summed E-state index contributed by atoms with van der Waals surface area (Å²) in [6.07, 6.45) is 4.81. The maximum atomic E-state index is 15.5. The van der Waals surface area contributed by atoms with Gasteiger partial charge in [-0.1, -0.05) is 45.0 Å². The van der Waals surface area contributed by atoms with Crippen molar-refractivity contribution in [1.29, 1.82) is 5.26 Å². The molecule has 2 aromatic heterocycles. The molecule has 8 nitrogen and oxygen atoms in total. The summed E-state index contributed by atoms with van der Waals surface area (Å²) in [5.74, 6) is 0.410. The van der Waals surface area contributed by atoms with Gasteiger partial charge in [-0.2, -0.15) is 10.4 Å². The molecule has 0 unspecified atom stereocenters. The van der Waals surface area contributed by atoms with Crippen molar-refractivity contribution in [1.82, 2.24) is 19.7 Å². The topological polar surface area (TPSA) is 110 Å². The van der Waals surface area contributed by atoms with Gasteiger partial charge in [0.2, 0.25) is 0 Å². The van der Waals surface area contributed by atoms with E-state index >= 15 is 4.39 Å². The lowest BCUT2D eigenvalue weighted by atomic mass is 9.93. The number of allylic oxidation sites excluding steroid dienone is 1. The summed E-state index contributed by atoms with van der Waals surface area (Å²) in [5, 5.41) is 15.0. The molecule has 0 radical (unpaired) electrons. The van der Waals surface area contributed by atoms with E-state index in [1.165, 1.54) is 6.07 Å². The second-order valence-electron chi connectivity index (χ2n) is 11.0. The highest BCUT2D eigenvalue weighted by Gasteiger charge is 2.30. The van der Waals surface area contributed by atoms with Crippen LogP contribution in [-0.2, 0) is 4.79 Å². The minimum absolute atomic E-state index is 0.132. The number of nitrogens with zero attached hydrogens (tertiary/aromatic N) is 5. The number of benzene rings is 2. The van der Waals surface area contributed by atoms with Crippen molar-refractivity contribution in [2.24, 2.45) is 5.41 Å². The number of likely N-dealkylation sites (tertiary alicyclic amines) is 1. The number of nitrogen functional groups attached to an aromatic ring is 1. The van der Waals surface area contributed by atoms with Gasteiger partial charge in [-0.25, -0.2) is 9.37 Å². The number of piperidine rings is 1. The van der Waals surface area contributed by atoms with Gasteiger partial charge < -0.3 is 15.4 Å². The number of halogens is 1. The monoisotopic (exact) mass is 538 g/mol. The fourth-order valence-corrected chi connectivity index (χ4v) is 5.04. The zero-order valence-corrected chi connectivity index (χ0v) is 22.8. The number of nitrogens with two attached hydrogens (primary N) is 1. The molecule has 204 valence electrons. The fourth-order valence-electron chi connectivity index (χ4n) is 5.04. The first-order valence-electron chi connectivity index (χ1n) is 13.2. The predicted octanol–water partition coefficient (Wildman–Crippen LogP) is 6.27. The summed E-state index contributed by atoms with van der Waals surface area (Å²) in [7, 11) is 0. The number of carbonyl (C=O) groups is 1. The highest BCUT2D eigenvalue weighted by Crippen LogP contribution is 2.37. The van der Waals surface area contributed by atoms with Gasteiger partial charge in [0.15, 0.2) is 0 Å². The van der Waals surface area contributed by atoms with E-state index in [0.717, 1.165) is 12.8 Å². The Morgan fingerprint density at radius 3 is 2.65 bits per heavy atom. The number of carbonyl (C=O) groups excluding carboxylic acids is 1. The van der Waals surface area contributed by atoms with Gasteiger partial charge in [0.1, 0.15) is 40.5 Å². The lowest BCUT2D eigenvalue weighted by Crippen LogP contribution is -2.41. The number of hydrogen-bond donors (Lipinski definition) is 1. The lowest BCUT2D eigenvalue weighted by molar-refractivity contribution is -0.128. The molecule has 1 aliphatic heterocycles. The standard InChI is InChI=1S/C31H31FN6O2/c1-31(2,3)17-20(18-33)30(39)37-15-7-8-21(19-37)38-26-13-14-35-29(34)27(26)28(36-38)24-12-11-23(16-25(24)32)40-22-9-5-4-6-10-22/h4-6,9-14,16-17,21H,7-8,15,19H2,1-3H3,(H2,34,35)/b20-17+/t21-/m1/s1. The Morgan fingerprint density at radius 1 is 1.18 bits per heavy atom. The molecule has 1 saturated heterocycles. The Labute approximate surface area is 232 Å². The minimum atomic E-state index is -0.505. The number of fused-ring (bicyclic) bond motifs is 1. The molecule has 0 aliphatic carbocycles. The first-order valence-corrected chi connectivity index (χ1v) is 13.2. The van der Waals surface area contributed by atoms with Gasteiger partial charge in [-0.3, -0.25) is 9.48 Å². The van der Waals surface area contributed by atoms with Crippen molar-refractivity contribution in [3.63, 3.8) is 0 Å². The van der Waals surface area contributed by atoms with E-state index in [4.69, 9.17) is 15.6 Å². The van der Waals surface area contributed by atoms with Crippen LogP contribution < -0.4 is 10.5 Å².